The van der Waals surface area contributed by atoms with Crippen LogP contribution in [-0.4, -0.2) is 9.78 Å². The lowest BCUT2D eigenvalue weighted by Gasteiger charge is -2.13. The van der Waals surface area contributed by atoms with Crippen LogP contribution in [0.5, 0.6) is 0 Å². The largest absolute Gasteiger partial charge is 0.396 e. The Bertz CT molecular complexity index is 276. The first-order chi connectivity index (χ1) is 6.77. The standard InChI is InChI=1S/C11H19N3/c1-9-11(12)8-14(13-9)10-6-4-2-3-5-7-10/h8,10H,2-7,12H2,1H3. The van der Waals surface area contributed by atoms with Crippen LogP contribution in [-0.2, 0) is 0 Å². The molecule has 0 unspecified atom stereocenters. The second-order valence-corrected chi connectivity index (χ2v) is 4.30. The highest BCUT2D eigenvalue weighted by molar-refractivity contribution is 5.39. The van der Waals surface area contributed by atoms with Gasteiger partial charge in [-0.1, -0.05) is 25.7 Å². The topological polar surface area (TPSA) is 43.8 Å². The Morgan fingerprint density at radius 1 is 1.29 bits per heavy atom. The zero-order valence-corrected chi connectivity index (χ0v) is 8.87. The van der Waals surface area contributed by atoms with E-state index in [0.717, 1.165) is 11.4 Å². The maximum atomic E-state index is 5.80. The first kappa shape index (κ1) is 9.56. The molecule has 0 radical (unpaired) electrons. The van der Waals surface area contributed by atoms with Crippen molar-refractivity contribution in [2.45, 2.75) is 51.5 Å². The summed E-state index contributed by atoms with van der Waals surface area (Å²) in [4.78, 5) is 0. The summed E-state index contributed by atoms with van der Waals surface area (Å²) in [5, 5.41) is 4.47. The third-order valence-corrected chi connectivity index (χ3v) is 3.15. The number of rotatable bonds is 1. The molecule has 1 aliphatic rings. The van der Waals surface area contributed by atoms with Crippen molar-refractivity contribution in [3.8, 4) is 0 Å². The molecular weight excluding hydrogens is 174 g/mol. The Morgan fingerprint density at radius 2 is 1.93 bits per heavy atom. The SMILES string of the molecule is Cc1nn(C2CCCCCC2)cc1N. The van der Waals surface area contributed by atoms with Crippen molar-refractivity contribution in [2.24, 2.45) is 0 Å². The molecule has 78 valence electrons. The van der Waals surface area contributed by atoms with E-state index >= 15 is 0 Å². The van der Waals surface area contributed by atoms with Crippen LogP contribution in [0.1, 0.15) is 50.3 Å². The minimum Gasteiger partial charge on any atom is -0.396 e. The molecule has 14 heavy (non-hydrogen) atoms. The number of nitrogens with zero attached hydrogens (tertiary/aromatic N) is 2. The number of hydrogen-bond donors (Lipinski definition) is 1. The van der Waals surface area contributed by atoms with Gasteiger partial charge in [0, 0.05) is 6.20 Å². The average molecular weight is 193 g/mol. The first-order valence-corrected chi connectivity index (χ1v) is 5.58. The lowest BCUT2D eigenvalue weighted by Crippen LogP contribution is -2.08. The van der Waals surface area contributed by atoms with Gasteiger partial charge >= 0.3 is 0 Å². The second-order valence-electron chi connectivity index (χ2n) is 4.30. The maximum Gasteiger partial charge on any atom is 0.0823 e. The molecular formula is C11H19N3. The molecule has 1 saturated carbocycles. The van der Waals surface area contributed by atoms with E-state index in [9.17, 15) is 0 Å². The fraction of sp³-hybridized carbons (Fsp3) is 0.727. The summed E-state index contributed by atoms with van der Waals surface area (Å²) in [5.41, 5.74) is 7.60. The Balaban J connectivity index is 2.12. The second kappa shape index (κ2) is 4.03. The van der Waals surface area contributed by atoms with Gasteiger partial charge in [0.25, 0.3) is 0 Å². The molecule has 0 bridgehead atoms. The van der Waals surface area contributed by atoms with Gasteiger partial charge in [-0.15, -0.1) is 0 Å². The smallest absolute Gasteiger partial charge is 0.0823 e. The number of nitrogens with two attached hydrogens (primary N) is 1. The zero-order chi connectivity index (χ0) is 9.97. The van der Waals surface area contributed by atoms with E-state index in [1.54, 1.807) is 0 Å². The van der Waals surface area contributed by atoms with Gasteiger partial charge in [-0.2, -0.15) is 5.10 Å². The van der Waals surface area contributed by atoms with Gasteiger partial charge in [0.1, 0.15) is 0 Å². The van der Waals surface area contributed by atoms with E-state index in [0.29, 0.717) is 6.04 Å². The van der Waals surface area contributed by atoms with Crippen LogP contribution in [0.3, 0.4) is 0 Å². The van der Waals surface area contributed by atoms with Gasteiger partial charge in [-0.25, -0.2) is 0 Å². The maximum absolute atomic E-state index is 5.80. The van der Waals surface area contributed by atoms with Crippen molar-refractivity contribution >= 4 is 5.69 Å². The van der Waals surface area contributed by atoms with E-state index in [2.05, 4.69) is 9.78 Å². The average Bonchev–Trinajstić information content (AvgIpc) is 2.46. The van der Waals surface area contributed by atoms with E-state index in [1.165, 1.54) is 38.5 Å². The summed E-state index contributed by atoms with van der Waals surface area (Å²) in [6.45, 7) is 1.97. The molecule has 0 amide bonds. The van der Waals surface area contributed by atoms with Crippen LogP contribution in [0.15, 0.2) is 6.20 Å². The monoisotopic (exact) mass is 193 g/mol. The van der Waals surface area contributed by atoms with Gasteiger partial charge in [0.2, 0.25) is 0 Å². The molecule has 3 nitrogen and oxygen atoms in total. The van der Waals surface area contributed by atoms with Crippen molar-refractivity contribution in [3.05, 3.63) is 11.9 Å². The Labute approximate surface area is 85.3 Å². The van der Waals surface area contributed by atoms with Crippen LogP contribution >= 0.6 is 0 Å². The molecule has 1 aromatic rings. The quantitative estimate of drug-likeness (QED) is 0.697. The van der Waals surface area contributed by atoms with E-state index in [-0.39, 0.29) is 0 Å². The highest BCUT2D eigenvalue weighted by Gasteiger charge is 2.15. The minimum absolute atomic E-state index is 0.591. The molecule has 1 fully saturated rings. The number of nitrogen functional groups attached to an aromatic ring is 1. The summed E-state index contributed by atoms with van der Waals surface area (Å²) < 4.78 is 2.08. The number of anilines is 1. The summed E-state index contributed by atoms with van der Waals surface area (Å²) in [6, 6.07) is 0.591. The molecule has 1 aliphatic carbocycles. The molecule has 0 spiro atoms. The fourth-order valence-electron chi connectivity index (χ4n) is 2.21. The molecule has 0 atom stereocenters. The summed E-state index contributed by atoms with van der Waals surface area (Å²) in [5.74, 6) is 0. The van der Waals surface area contributed by atoms with Crippen molar-refractivity contribution in [1.29, 1.82) is 0 Å². The Hall–Kier alpha value is -0.990. The molecule has 0 aromatic carbocycles. The molecule has 1 aromatic heterocycles. The van der Waals surface area contributed by atoms with E-state index in [4.69, 9.17) is 5.73 Å². The minimum atomic E-state index is 0.591. The van der Waals surface area contributed by atoms with Crippen LogP contribution in [0, 0.1) is 6.92 Å². The van der Waals surface area contributed by atoms with Crippen molar-refractivity contribution < 1.29 is 0 Å². The van der Waals surface area contributed by atoms with Crippen molar-refractivity contribution in [1.82, 2.24) is 9.78 Å². The zero-order valence-electron chi connectivity index (χ0n) is 8.87. The predicted molar refractivity (Wildman–Crippen MR) is 58.1 cm³/mol. The highest BCUT2D eigenvalue weighted by Crippen LogP contribution is 2.27. The third-order valence-electron chi connectivity index (χ3n) is 3.15. The first-order valence-electron chi connectivity index (χ1n) is 5.58. The summed E-state index contributed by atoms with van der Waals surface area (Å²) in [7, 11) is 0. The van der Waals surface area contributed by atoms with Gasteiger partial charge in [0.05, 0.1) is 17.4 Å². The van der Waals surface area contributed by atoms with Crippen LogP contribution in [0.2, 0.25) is 0 Å². The van der Waals surface area contributed by atoms with E-state index < -0.39 is 0 Å². The molecule has 2 N–H and O–H groups in total. The fourth-order valence-corrected chi connectivity index (χ4v) is 2.21. The summed E-state index contributed by atoms with van der Waals surface area (Å²) in [6.07, 6.45) is 9.96. The van der Waals surface area contributed by atoms with Gasteiger partial charge in [0.15, 0.2) is 0 Å². The number of hydrogen-bond acceptors (Lipinski definition) is 2. The lowest BCUT2D eigenvalue weighted by molar-refractivity contribution is 0.404. The predicted octanol–water partition coefficient (Wildman–Crippen LogP) is 2.67. The molecule has 3 heteroatoms. The third kappa shape index (κ3) is 1.91. The number of aryl methyl sites for hydroxylation is 1. The van der Waals surface area contributed by atoms with Crippen LogP contribution in [0.4, 0.5) is 5.69 Å². The lowest BCUT2D eigenvalue weighted by atomic mass is 10.1. The number of aromatic nitrogens is 2. The Kier molecular flexibility index (Phi) is 2.75. The Morgan fingerprint density at radius 3 is 2.43 bits per heavy atom. The molecule has 1 heterocycles. The molecule has 0 saturated heterocycles. The van der Waals surface area contributed by atoms with Crippen molar-refractivity contribution in [2.75, 3.05) is 5.73 Å². The van der Waals surface area contributed by atoms with Gasteiger partial charge in [-0.3, -0.25) is 4.68 Å². The van der Waals surface area contributed by atoms with Gasteiger partial charge in [-0.05, 0) is 19.8 Å². The molecule has 2 rings (SSSR count). The molecule has 0 aliphatic heterocycles. The highest BCUT2D eigenvalue weighted by atomic mass is 15.3. The van der Waals surface area contributed by atoms with Crippen LogP contribution < -0.4 is 5.73 Å². The summed E-state index contributed by atoms with van der Waals surface area (Å²) >= 11 is 0. The van der Waals surface area contributed by atoms with E-state index in [1.807, 2.05) is 13.1 Å². The van der Waals surface area contributed by atoms with Crippen LogP contribution in [0.25, 0.3) is 0 Å². The van der Waals surface area contributed by atoms with Gasteiger partial charge < -0.3 is 5.73 Å². The normalized spacial score (nSPS) is 19.5. The van der Waals surface area contributed by atoms with Crippen molar-refractivity contribution in [3.63, 3.8) is 0 Å².